The van der Waals surface area contributed by atoms with Crippen LogP contribution >= 0.6 is 12.6 Å². The quantitative estimate of drug-likeness (QED) is 0.449. The molecule has 0 aliphatic carbocycles. The number of nitro benzene ring substituents is 1. The van der Waals surface area contributed by atoms with Crippen LogP contribution in [0.15, 0.2) is 17.0 Å². The second-order valence-corrected chi connectivity index (χ2v) is 2.80. The SMILES string of the molecule is O=C(O)c1ccc(F)c([N+](=O)[O-])c1S. The summed E-state index contributed by atoms with van der Waals surface area (Å²) in [6.45, 7) is 0. The number of benzene rings is 1. The molecule has 0 aliphatic heterocycles. The molecule has 0 saturated carbocycles. The fraction of sp³-hybridized carbons (Fsp3) is 0. The summed E-state index contributed by atoms with van der Waals surface area (Å²) in [4.78, 5) is 19.4. The van der Waals surface area contributed by atoms with Crippen molar-refractivity contribution >= 4 is 24.3 Å². The van der Waals surface area contributed by atoms with Gasteiger partial charge in [-0.1, -0.05) is 0 Å². The van der Waals surface area contributed by atoms with Gasteiger partial charge in [-0.15, -0.1) is 12.6 Å². The number of rotatable bonds is 2. The Hall–Kier alpha value is -1.63. The summed E-state index contributed by atoms with van der Waals surface area (Å²) in [6, 6.07) is 1.65. The molecule has 5 nitrogen and oxygen atoms in total. The summed E-state index contributed by atoms with van der Waals surface area (Å²) < 4.78 is 12.9. The van der Waals surface area contributed by atoms with Crippen molar-refractivity contribution in [3.8, 4) is 0 Å². The third-order valence-electron chi connectivity index (χ3n) is 1.51. The lowest BCUT2D eigenvalue weighted by molar-refractivity contribution is -0.390. The number of carboxylic acids is 1. The number of halogens is 1. The van der Waals surface area contributed by atoms with Crippen molar-refractivity contribution in [3.05, 3.63) is 33.6 Å². The largest absolute Gasteiger partial charge is 0.478 e. The van der Waals surface area contributed by atoms with Crippen LogP contribution in [0.3, 0.4) is 0 Å². The first-order chi connectivity index (χ1) is 6.45. The van der Waals surface area contributed by atoms with Gasteiger partial charge in [0.05, 0.1) is 15.4 Å². The average molecular weight is 217 g/mol. The van der Waals surface area contributed by atoms with Gasteiger partial charge in [0.25, 0.3) is 0 Å². The van der Waals surface area contributed by atoms with Gasteiger partial charge in [-0.3, -0.25) is 10.1 Å². The molecular weight excluding hydrogens is 213 g/mol. The molecule has 0 bridgehead atoms. The van der Waals surface area contributed by atoms with E-state index in [1.165, 1.54) is 0 Å². The van der Waals surface area contributed by atoms with Gasteiger partial charge in [0.1, 0.15) is 0 Å². The van der Waals surface area contributed by atoms with E-state index in [2.05, 4.69) is 12.6 Å². The molecular formula is C7H4FNO4S. The van der Waals surface area contributed by atoms with Crippen LogP contribution in [0.25, 0.3) is 0 Å². The summed E-state index contributed by atoms with van der Waals surface area (Å²) in [7, 11) is 0. The van der Waals surface area contributed by atoms with Crippen LogP contribution in [0, 0.1) is 15.9 Å². The first-order valence-corrected chi connectivity index (χ1v) is 3.79. The van der Waals surface area contributed by atoms with Crippen LogP contribution in [0.2, 0.25) is 0 Å². The van der Waals surface area contributed by atoms with Gasteiger partial charge < -0.3 is 5.11 Å². The molecule has 0 atom stereocenters. The summed E-state index contributed by atoms with van der Waals surface area (Å²) in [5.74, 6) is -2.50. The molecule has 14 heavy (non-hydrogen) atoms. The van der Waals surface area contributed by atoms with Gasteiger partial charge in [-0.25, -0.2) is 4.79 Å². The van der Waals surface area contributed by atoms with E-state index >= 15 is 0 Å². The highest BCUT2D eigenvalue weighted by Crippen LogP contribution is 2.29. The lowest BCUT2D eigenvalue weighted by Gasteiger charge is -2.01. The lowest BCUT2D eigenvalue weighted by atomic mass is 10.2. The lowest BCUT2D eigenvalue weighted by Crippen LogP contribution is -2.02. The summed E-state index contributed by atoms with van der Waals surface area (Å²) in [5, 5.41) is 18.9. The minimum atomic E-state index is -1.39. The van der Waals surface area contributed by atoms with E-state index in [9.17, 15) is 19.3 Å². The maximum Gasteiger partial charge on any atom is 0.337 e. The minimum absolute atomic E-state index is 0.401. The maximum atomic E-state index is 12.9. The molecule has 0 aliphatic rings. The fourth-order valence-corrected chi connectivity index (χ4v) is 1.26. The summed E-state index contributed by atoms with van der Waals surface area (Å²) in [5.41, 5.74) is -1.32. The standard InChI is InChI=1S/C7H4FNO4S/c8-4-2-1-3(7(10)11)6(14)5(4)9(12)13/h1-2,14H,(H,10,11). The highest BCUT2D eigenvalue weighted by atomic mass is 32.1. The molecule has 0 amide bonds. The number of hydrogen-bond acceptors (Lipinski definition) is 4. The van der Waals surface area contributed by atoms with Crippen molar-refractivity contribution in [3.63, 3.8) is 0 Å². The van der Waals surface area contributed by atoms with Gasteiger partial charge in [0, 0.05) is 0 Å². The normalized spacial score (nSPS) is 9.86. The van der Waals surface area contributed by atoms with Gasteiger partial charge in [0.15, 0.2) is 0 Å². The molecule has 74 valence electrons. The van der Waals surface area contributed by atoms with E-state index in [0.717, 1.165) is 12.1 Å². The third-order valence-corrected chi connectivity index (χ3v) is 1.97. The fourth-order valence-electron chi connectivity index (χ4n) is 0.901. The third kappa shape index (κ3) is 1.67. The Bertz CT molecular complexity index is 420. The van der Waals surface area contributed by atoms with Crippen molar-refractivity contribution in [2.24, 2.45) is 0 Å². The maximum absolute atomic E-state index is 12.9. The average Bonchev–Trinajstić information content (AvgIpc) is 2.02. The van der Waals surface area contributed by atoms with Crippen LogP contribution in [0.4, 0.5) is 10.1 Å². The van der Waals surface area contributed by atoms with Crippen molar-refractivity contribution in [1.82, 2.24) is 0 Å². The first kappa shape index (κ1) is 10.5. The van der Waals surface area contributed by atoms with Crippen molar-refractivity contribution in [2.75, 3.05) is 0 Å². The van der Waals surface area contributed by atoms with Crippen LogP contribution in [-0.2, 0) is 0 Å². The highest BCUT2D eigenvalue weighted by Gasteiger charge is 2.23. The van der Waals surface area contributed by atoms with Gasteiger partial charge in [-0.05, 0) is 12.1 Å². The van der Waals surface area contributed by atoms with E-state index in [4.69, 9.17) is 5.11 Å². The van der Waals surface area contributed by atoms with Crippen molar-refractivity contribution < 1.29 is 19.2 Å². The summed E-state index contributed by atoms with van der Waals surface area (Å²) >= 11 is 3.60. The number of thiol groups is 1. The Morgan fingerprint density at radius 1 is 1.57 bits per heavy atom. The number of carbonyl (C=O) groups is 1. The Kier molecular flexibility index (Phi) is 2.70. The molecule has 0 heterocycles. The number of hydrogen-bond donors (Lipinski definition) is 2. The molecule has 1 aromatic carbocycles. The Balaban J connectivity index is 3.49. The molecule has 0 fully saturated rings. The molecule has 0 saturated heterocycles. The van der Waals surface area contributed by atoms with Crippen LogP contribution in [0.1, 0.15) is 10.4 Å². The zero-order chi connectivity index (χ0) is 10.9. The van der Waals surface area contributed by atoms with Crippen molar-refractivity contribution in [2.45, 2.75) is 4.90 Å². The molecule has 7 heteroatoms. The Morgan fingerprint density at radius 2 is 2.14 bits per heavy atom. The van der Waals surface area contributed by atoms with E-state index < -0.39 is 32.9 Å². The summed E-state index contributed by atoms with van der Waals surface area (Å²) in [6.07, 6.45) is 0. The van der Waals surface area contributed by atoms with Crippen molar-refractivity contribution in [1.29, 1.82) is 0 Å². The predicted octanol–water partition coefficient (Wildman–Crippen LogP) is 1.72. The molecule has 0 radical (unpaired) electrons. The van der Waals surface area contributed by atoms with Crippen LogP contribution < -0.4 is 0 Å². The monoisotopic (exact) mass is 217 g/mol. The van der Waals surface area contributed by atoms with Gasteiger partial charge >= 0.3 is 11.7 Å². The first-order valence-electron chi connectivity index (χ1n) is 3.34. The topological polar surface area (TPSA) is 80.4 Å². The zero-order valence-electron chi connectivity index (χ0n) is 6.60. The second kappa shape index (κ2) is 3.62. The number of nitrogens with zero attached hydrogens (tertiary/aromatic N) is 1. The van der Waals surface area contributed by atoms with Crippen LogP contribution in [0.5, 0.6) is 0 Å². The molecule has 0 spiro atoms. The second-order valence-electron chi connectivity index (χ2n) is 2.35. The Labute approximate surface area is 82.7 Å². The van der Waals surface area contributed by atoms with Crippen LogP contribution in [-0.4, -0.2) is 16.0 Å². The Morgan fingerprint density at radius 3 is 2.57 bits per heavy atom. The number of carboxylic acid groups (broad SMARTS) is 1. The van der Waals surface area contributed by atoms with Gasteiger partial charge in [0.2, 0.25) is 5.82 Å². The molecule has 0 unspecified atom stereocenters. The van der Waals surface area contributed by atoms with E-state index in [1.807, 2.05) is 0 Å². The van der Waals surface area contributed by atoms with E-state index in [0.29, 0.717) is 0 Å². The number of aromatic carboxylic acids is 1. The molecule has 0 aromatic heterocycles. The minimum Gasteiger partial charge on any atom is -0.478 e. The zero-order valence-corrected chi connectivity index (χ0v) is 7.49. The number of nitro groups is 1. The predicted molar refractivity (Wildman–Crippen MR) is 47.3 cm³/mol. The molecule has 1 rings (SSSR count). The smallest absolute Gasteiger partial charge is 0.337 e. The van der Waals surface area contributed by atoms with E-state index in [-0.39, 0.29) is 0 Å². The molecule has 1 aromatic rings. The van der Waals surface area contributed by atoms with Gasteiger partial charge in [-0.2, -0.15) is 4.39 Å². The molecule has 1 N–H and O–H groups in total. The highest BCUT2D eigenvalue weighted by molar-refractivity contribution is 7.80. The van der Waals surface area contributed by atoms with E-state index in [1.54, 1.807) is 0 Å².